The lowest BCUT2D eigenvalue weighted by molar-refractivity contribution is 0.109. The van der Waals surface area contributed by atoms with Gasteiger partial charge < -0.3 is 0 Å². The highest BCUT2D eigenvalue weighted by Gasteiger charge is 2.07. The van der Waals surface area contributed by atoms with Crippen molar-refractivity contribution in [2.75, 3.05) is 0 Å². The molecule has 0 N–H and O–H groups in total. The molecule has 3 aromatic carbocycles. The minimum absolute atomic E-state index is 0.200. The van der Waals surface area contributed by atoms with Crippen molar-refractivity contribution < 1.29 is 4.79 Å². The largest absolute Gasteiger partial charge is 0.282 e. The number of hydrogen-bond donors (Lipinski definition) is 2. The van der Waals surface area contributed by atoms with Crippen molar-refractivity contribution in [2.24, 2.45) is 0 Å². The number of hydrogen-bond acceptors (Lipinski definition) is 2. The molecule has 0 bridgehead atoms. The molecule has 0 spiro atoms. The van der Waals surface area contributed by atoms with Gasteiger partial charge in [-0.3, -0.25) is 4.79 Å². The smallest absolute Gasteiger partial charge is 0.216 e. The second kappa shape index (κ2) is 8.61. The highest BCUT2D eigenvalue weighted by molar-refractivity contribution is 7.97. The maximum Gasteiger partial charge on any atom is 0.216 e. The standard InChI is InChI=1S/C13H10OS.C7H8S/c14-13(15)12-9-5-4-8-11(12)10-6-2-1-3-7-10;1-6-2-4-7(8)5-3-6/h1-9H,(H,14,15);2-5,8H,1H3. The molecule has 3 aromatic rings. The molecular weight excluding hydrogens is 320 g/mol. The van der Waals surface area contributed by atoms with Gasteiger partial charge in [0.1, 0.15) is 0 Å². The molecule has 0 heterocycles. The molecule has 0 amide bonds. The Morgan fingerprint density at radius 1 is 0.783 bits per heavy atom. The fourth-order valence-electron chi connectivity index (χ4n) is 2.08. The summed E-state index contributed by atoms with van der Waals surface area (Å²) in [6.45, 7) is 2.06. The summed E-state index contributed by atoms with van der Waals surface area (Å²) in [6, 6.07) is 25.4. The first kappa shape index (κ1) is 17.4. The molecule has 0 radical (unpaired) electrons. The summed E-state index contributed by atoms with van der Waals surface area (Å²) >= 11 is 8.00. The van der Waals surface area contributed by atoms with E-state index in [9.17, 15) is 4.79 Å². The lowest BCUT2D eigenvalue weighted by atomic mass is 10.0. The number of thiol groups is 2. The topological polar surface area (TPSA) is 17.1 Å². The maximum atomic E-state index is 11.3. The van der Waals surface area contributed by atoms with Gasteiger partial charge >= 0.3 is 0 Å². The zero-order valence-electron chi connectivity index (χ0n) is 12.8. The Kier molecular flexibility index (Phi) is 6.51. The minimum atomic E-state index is -0.200. The van der Waals surface area contributed by atoms with Crippen LogP contribution in [-0.4, -0.2) is 5.12 Å². The lowest BCUT2D eigenvalue weighted by Crippen LogP contribution is -1.92. The Bertz CT molecular complexity index is 744. The Morgan fingerprint density at radius 2 is 1.35 bits per heavy atom. The van der Waals surface area contributed by atoms with E-state index in [1.807, 2.05) is 72.8 Å². The average molecular weight is 338 g/mol. The van der Waals surface area contributed by atoms with E-state index in [0.717, 1.165) is 16.0 Å². The summed E-state index contributed by atoms with van der Waals surface area (Å²) in [5.74, 6) is 0. The molecule has 0 unspecified atom stereocenters. The fraction of sp³-hybridized carbons (Fsp3) is 0.0500. The van der Waals surface area contributed by atoms with E-state index < -0.39 is 0 Å². The lowest BCUT2D eigenvalue weighted by Gasteiger charge is -2.05. The van der Waals surface area contributed by atoms with Gasteiger partial charge in [0.2, 0.25) is 5.12 Å². The zero-order valence-corrected chi connectivity index (χ0v) is 14.6. The Morgan fingerprint density at radius 3 is 1.91 bits per heavy atom. The zero-order chi connectivity index (χ0) is 16.7. The third kappa shape index (κ3) is 5.31. The van der Waals surface area contributed by atoms with E-state index >= 15 is 0 Å². The molecule has 3 heteroatoms. The molecule has 23 heavy (non-hydrogen) atoms. The van der Waals surface area contributed by atoms with E-state index in [2.05, 4.69) is 32.2 Å². The van der Waals surface area contributed by atoms with E-state index in [0.29, 0.717) is 5.56 Å². The summed E-state index contributed by atoms with van der Waals surface area (Å²) in [5.41, 5.74) is 3.89. The van der Waals surface area contributed by atoms with Gasteiger partial charge in [-0.1, -0.05) is 66.2 Å². The van der Waals surface area contributed by atoms with Gasteiger partial charge in [-0.05, 0) is 36.2 Å². The van der Waals surface area contributed by atoms with Crippen LogP contribution in [0.2, 0.25) is 0 Å². The summed E-state index contributed by atoms with van der Waals surface area (Å²) in [4.78, 5) is 12.3. The van der Waals surface area contributed by atoms with Gasteiger partial charge in [-0.2, -0.15) is 0 Å². The van der Waals surface area contributed by atoms with E-state index in [1.165, 1.54) is 5.56 Å². The molecule has 3 rings (SSSR count). The minimum Gasteiger partial charge on any atom is -0.282 e. The molecule has 0 fully saturated rings. The molecule has 0 aliphatic carbocycles. The van der Waals surface area contributed by atoms with Crippen LogP contribution in [0.4, 0.5) is 0 Å². The first-order valence-electron chi connectivity index (χ1n) is 7.21. The Balaban J connectivity index is 0.000000203. The van der Waals surface area contributed by atoms with E-state index in [4.69, 9.17) is 0 Å². The molecule has 0 saturated heterocycles. The monoisotopic (exact) mass is 338 g/mol. The molecule has 116 valence electrons. The third-order valence-electron chi connectivity index (χ3n) is 3.28. The van der Waals surface area contributed by atoms with Crippen LogP contribution in [0.25, 0.3) is 11.1 Å². The van der Waals surface area contributed by atoms with Crippen LogP contribution < -0.4 is 0 Å². The first-order valence-corrected chi connectivity index (χ1v) is 8.11. The van der Waals surface area contributed by atoms with Crippen molar-refractivity contribution in [3.05, 3.63) is 90.0 Å². The van der Waals surface area contributed by atoms with Gasteiger partial charge in [0.15, 0.2) is 0 Å². The van der Waals surface area contributed by atoms with Gasteiger partial charge in [0, 0.05) is 10.5 Å². The maximum absolute atomic E-state index is 11.3. The van der Waals surface area contributed by atoms with Crippen LogP contribution in [0.5, 0.6) is 0 Å². The fourth-order valence-corrected chi connectivity index (χ4v) is 2.43. The predicted octanol–water partition coefficient (Wildman–Crippen LogP) is 5.71. The van der Waals surface area contributed by atoms with Crippen molar-refractivity contribution in [1.82, 2.24) is 0 Å². The molecule has 1 nitrogen and oxygen atoms in total. The van der Waals surface area contributed by atoms with Crippen molar-refractivity contribution in [3.63, 3.8) is 0 Å². The molecule has 0 aromatic heterocycles. The van der Waals surface area contributed by atoms with Crippen molar-refractivity contribution in [2.45, 2.75) is 11.8 Å². The quantitative estimate of drug-likeness (QED) is 0.573. The van der Waals surface area contributed by atoms with E-state index in [1.54, 1.807) is 6.07 Å². The van der Waals surface area contributed by atoms with Crippen LogP contribution in [0.15, 0.2) is 83.8 Å². The molecule has 0 saturated carbocycles. The van der Waals surface area contributed by atoms with Crippen molar-refractivity contribution in [1.29, 1.82) is 0 Å². The normalized spacial score (nSPS) is 9.70. The highest BCUT2D eigenvalue weighted by Crippen LogP contribution is 2.24. The van der Waals surface area contributed by atoms with Crippen LogP contribution in [0, 0.1) is 6.92 Å². The van der Waals surface area contributed by atoms with Crippen molar-refractivity contribution >= 4 is 30.4 Å². The highest BCUT2D eigenvalue weighted by atomic mass is 32.1. The molecule has 0 atom stereocenters. The molecular formula is C20H18OS2. The van der Waals surface area contributed by atoms with Gasteiger partial charge in [0.25, 0.3) is 0 Å². The summed E-state index contributed by atoms with van der Waals surface area (Å²) in [6.07, 6.45) is 0. The Hall–Kier alpha value is -1.97. The molecule has 0 aliphatic heterocycles. The van der Waals surface area contributed by atoms with Crippen LogP contribution in [0.1, 0.15) is 15.9 Å². The van der Waals surface area contributed by atoms with Crippen molar-refractivity contribution in [3.8, 4) is 11.1 Å². The van der Waals surface area contributed by atoms with Crippen LogP contribution in [-0.2, 0) is 0 Å². The van der Waals surface area contributed by atoms with Gasteiger partial charge in [0.05, 0.1) is 0 Å². The third-order valence-corrected chi connectivity index (χ3v) is 3.82. The number of aryl methyl sites for hydroxylation is 1. The number of rotatable bonds is 2. The second-order valence-electron chi connectivity index (χ2n) is 5.05. The summed E-state index contributed by atoms with van der Waals surface area (Å²) in [7, 11) is 0. The number of benzene rings is 3. The SMILES string of the molecule is Cc1ccc(S)cc1.O=C(S)c1ccccc1-c1ccccc1. The van der Waals surface area contributed by atoms with Crippen LogP contribution in [0.3, 0.4) is 0 Å². The Labute approximate surface area is 148 Å². The van der Waals surface area contributed by atoms with Gasteiger partial charge in [-0.25, -0.2) is 0 Å². The van der Waals surface area contributed by atoms with Gasteiger partial charge in [-0.15, -0.1) is 25.3 Å². The average Bonchev–Trinajstić information content (AvgIpc) is 2.59. The number of carbonyl (C=O) groups excluding carboxylic acids is 1. The summed E-state index contributed by atoms with van der Waals surface area (Å²) < 4.78 is 0. The summed E-state index contributed by atoms with van der Waals surface area (Å²) in [5, 5.41) is -0.200. The predicted molar refractivity (Wildman–Crippen MR) is 104 cm³/mol. The molecule has 0 aliphatic rings. The van der Waals surface area contributed by atoms with Crippen LogP contribution >= 0.6 is 25.3 Å². The number of carbonyl (C=O) groups is 1. The second-order valence-corrected chi connectivity index (χ2v) is 5.97. The van der Waals surface area contributed by atoms with E-state index in [-0.39, 0.29) is 5.12 Å². The first-order chi connectivity index (χ1) is 11.1.